The van der Waals surface area contributed by atoms with E-state index in [1.165, 1.54) is 20.3 Å². The molecule has 0 radical (unpaired) electrons. The van der Waals surface area contributed by atoms with Crippen molar-refractivity contribution < 1.29 is 19.4 Å². The number of phenolic OH excluding ortho intramolecular Hbond substituents is 1. The van der Waals surface area contributed by atoms with Crippen molar-refractivity contribution in [1.29, 1.82) is 0 Å². The average Bonchev–Trinajstić information content (AvgIpc) is 2.53. The predicted molar refractivity (Wildman–Crippen MR) is 86.2 cm³/mol. The summed E-state index contributed by atoms with van der Waals surface area (Å²) in [5.74, 6) is 0.354. The van der Waals surface area contributed by atoms with Crippen molar-refractivity contribution in [3.05, 3.63) is 23.8 Å². The molecular weight excluding hydrogens is 284 g/mol. The fourth-order valence-corrected chi connectivity index (χ4v) is 1.90. The standard InChI is InChI=1S/C16H24N2O4/c1-21-13-10-12(11-14(22-2)16(13)20)6-7-15(19)18-9-5-3-4-8-17/h6-7,10-11,20H,3-5,8-9,17H2,1-2H3,(H,18,19)/b7-6+. The van der Waals surface area contributed by atoms with Crippen LogP contribution in [0, 0.1) is 0 Å². The Labute approximate surface area is 130 Å². The molecule has 6 heteroatoms. The van der Waals surface area contributed by atoms with Crippen molar-refractivity contribution in [2.75, 3.05) is 27.3 Å². The molecule has 1 rings (SSSR count). The van der Waals surface area contributed by atoms with Gasteiger partial charge in [-0.25, -0.2) is 0 Å². The van der Waals surface area contributed by atoms with Crippen molar-refractivity contribution in [3.63, 3.8) is 0 Å². The molecule has 0 atom stereocenters. The lowest BCUT2D eigenvalue weighted by molar-refractivity contribution is -0.116. The van der Waals surface area contributed by atoms with Crippen LogP contribution in [0.2, 0.25) is 0 Å². The Morgan fingerprint density at radius 3 is 2.41 bits per heavy atom. The SMILES string of the molecule is COc1cc(/C=C/C(=O)NCCCCCN)cc(OC)c1O. The van der Waals surface area contributed by atoms with Gasteiger partial charge in [0.25, 0.3) is 0 Å². The van der Waals surface area contributed by atoms with Crippen molar-refractivity contribution in [2.24, 2.45) is 5.73 Å². The van der Waals surface area contributed by atoms with E-state index in [0.29, 0.717) is 30.2 Å². The summed E-state index contributed by atoms with van der Waals surface area (Å²) < 4.78 is 10.1. The number of nitrogens with two attached hydrogens (primary N) is 1. The first-order chi connectivity index (χ1) is 10.6. The first-order valence-corrected chi connectivity index (χ1v) is 7.23. The van der Waals surface area contributed by atoms with Gasteiger partial charge in [0.05, 0.1) is 14.2 Å². The highest BCUT2D eigenvalue weighted by molar-refractivity contribution is 5.91. The summed E-state index contributed by atoms with van der Waals surface area (Å²) in [6.45, 7) is 1.31. The van der Waals surface area contributed by atoms with Crippen molar-refractivity contribution in [1.82, 2.24) is 5.32 Å². The predicted octanol–water partition coefficient (Wildman–Crippen LogP) is 1.67. The quantitative estimate of drug-likeness (QED) is 0.476. The summed E-state index contributed by atoms with van der Waals surface area (Å²) in [4.78, 5) is 11.7. The van der Waals surface area contributed by atoms with Crippen molar-refractivity contribution >= 4 is 12.0 Å². The monoisotopic (exact) mass is 308 g/mol. The lowest BCUT2D eigenvalue weighted by Crippen LogP contribution is -2.22. The molecule has 0 aliphatic heterocycles. The minimum Gasteiger partial charge on any atom is -0.502 e. The second-order valence-electron chi connectivity index (χ2n) is 4.75. The van der Waals surface area contributed by atoms with E-state index in [9.17, 15) is 9.90 Å². The Bertz CT molecular complexity index is 490. The zero-order valence-electron chi connectivity index (χ0n) is 13.1. The number of hydrogen-bond acceptors (Lipinski definition) is 5. The third kappa shape index (κ3) is 5.65. The van der Waals surface area contributed by atoms with E-state index in [1.807, 2.05) is 0 Å². The molecule has 0 unspecified atom stereocenters. The molecule has 0 aliphatic carbocycles. The maximum atomic E-state index is 11.7. The summed E-state index contributed by atoms with van der Waals surface area (Å²) in [5, 5.41) is 12.6. The van der Waals surface area contributed by atoms with Crippen LogP contribution in [0.4, 0.5) is 0 Å². The highest BCUT2D eigenvalue weighted by atomic mass is 16.5. The van der Waals surface area contributed by atoms with Gasteiger partial charge in [0.2, 0.25) is 11.7 Å². The molecule has 0 aliphatic rings. The van der Waals surface area contributed by atoms with E-state index in [0.717, 1.165) is 19.3 Å². The molecule has 6 nitrogen and oxygen atoms in total. The highest BCUT2D eigenvalue weighted by Crippen LogP contribution is 2.37. The molecule has 1 aromatic carbocycles. The molecule has 0 fully saturated rings. The van der Waals surface area contributed by atoms with Gasteiger partial charge in [0.1, 0.15) is 0 Å². The molecule has 0 spiro atoms. The van der Waals surface area contributed by atoms with Crippen LogP contribution in [0.5, 0.6) is 17.2 Å². The van der Waals surface area contributed by atoms with Crippen LogP contribution in [0.15, 0.2) is 18.2 Å². The number of carbonyl (C=O) groups is 1. The largest absolute Gasteiger partial charge is 0.502 e. The number of methoxy groups -OCH3 is 2. The molecule has 4 N–H and O–H groups in total. The van der Waals surface area contributed by atoms with Crippen LogP contribution < -0.4 is 20.5 Å². The molecule has 0 saturated heterocycles. The van der Waals surface area contributed by atoms with Crippen LogP contribution in [-0.4, -0.2) is 38.3 Å². The molecule has 0 bridgehead atoms. The number of hydrogen-bond donors (Lipinski definition) is 3. The lowest BCUT2D eigenvalue weighted by Gasteiger charge is -2.09. The lowest BCUT2D eigenvalue weighted by atomic mass is 10.1. The minimum atomic E-state index is -0.168. The number of amides is 1. The number of ether oxygens (including phenoxy) is 2. The number of nitrogens with one attached hydrogen (secondary N) is 1. The smallest absolute Gasteiger partial charge is 0.243 e. The maximum absolute atomic E-state index is 11.7. The van der Waals surface area contributed by atoms with Gasteiger partial charge in [-0.1, -0.05) is 6.42 Å². The normalized spacial score (nSPS) is 10.7. The van der Waals surface area contributed by atoms with Gasteiger partial charge in [0.15, 0.2) is 11.5 Å². The van der Waals surface area contributed by atoms with Crippen LogP contribution in [0.1, 0.15) is 24.8 Å². The van der Waals surface area contributed by atoms with E-state index < -0.39 is 0 Å². The third-order valence-corrected chi connectivity index (χ3v) is 3.11. The Morgan fingerprint density at radius 2 is 1.86 bits per heavy atom. The number of carbonyl (C=O) groups excluding carboxylic acids is 1. The fourth-order valence-electron chi connectivity index (χ4n) is 1.90. The second-order valence-corrected chi connectivity index (χ2v) is 4.75. The Hall–Kier alpha value is -2.21. The van der Waals surface area contributed by atoms with Gasteiger partial charge in [-0.15, -0.1) is 0 Å². The number of benzene rings is 1. The highest BCUT2D eigenvalue weighted by Gasteiger charge is 2.10. The van der Waals surface area contributed by atoms with Gasteiger partial charge in [-0.05, 0) is 43.2 Å². The summed E-state index contributed by atoms with van der Waals surface area (Å²) in [6.07, 6.45) is 5.97. The minimum absolute atomic E-state index is 0.0634. The number of unbranched alkanes of at least 4 members (excludes halogenated alkanes) is 2. The Morgan fingerprint density at radius 1 is 1.23 bits per heavy atom. The number of rotatable bonds is 9. The average molecular weight is 308 g/mol. The Balaban J connectivity index is 2.60. The zero-order chi connectivity index (χ0) is 16.4. The molecule has 0 saturated carbocycles. The fraction of sp³-hybridized carbons (Fsp3) is 0.438. The topological polar surface area (TPSA) is 93.8 Å². The molecule has 1 aromatic rings. The van der Waals surface area contributed by atoms with E-state index in [-0.39, 0.29) is 11.7 Å². The van der Waals surface area contributed by atoms with E-state index in [4.69, 9.17) is 15.2 Å². The summed E-state index contributed by atoms with van der Waals surface area (Å²) in [5.41, 5.74) is 6.10. The number of aromatic hydroxyl groups is 1. The first-order valence-electron chi connectivity index (χ1n) is 7.23. The summed E-state index contributed by atoms with van der Waals surface area (Å²) in [7, 11) is 2.91. The van der Waals surface area contributed by atoms with Crippen LogP contribution in [-0.2, 0) is 4.79 Å². The maximum Gasteiger partial charge on any atom is 0.243 e. The first kappa shape index (κ1) is 17.8. The van der Waals surface area contributed by atoms with Gasteiger partial charge in [0, 0.05) is 12.6 Å². The molecule has 0 aromatic heterocycles. The van der Waals surface area contributed by atoms with Gasteiger partial charge >= 0.3 is 0 Å². The summed E-state index contributed by atoms with van der Waals surface area (Å²) >= 11 is 0. The molecular formula is C16H24N2O4. The molecule has 1 amide bonds. The van der Waals surface area contributed by atoms with E-state index >= 15 is 0 Å². The zero-order valence-corrected chi connectivity index (χ0v) is 13.1. The van der Waals surface area contributed by atoms with Gasteiger partial charge in [-0.2, -0.15) is 0 Å². The molecule has 22 heavy (non-hydrogen) atoms. The number of phenols is 1. The van der Waals surface area contributed by atoms with Crippen molar-refractivity contribution in [2.45, 2.75) is 19.3 Å². The third-order valence-electron chi connectivity index (χ3n) is 3.11. The van der Waals surface area contributed by atoms with Crippen molar-refractivity contribution in [3.8, 4) is 17.2 Å². The van der Waals surface area contributed by atoms with Gasteiger partial charge in [-0.3, -0.25) is 4.79 Å². The van der Waals surface area contributed by atoms with Crippen LogP contribution in [0.25, 0.3) is 6.08 Å². The van der Waals surface area contributed by atoms with Crippen LogP contribution >= 0.6 is 0 Å². The summed E-state index contributed by atoms with van der Waals surface area (Å²) in [6, 6.07) is 3.26. The van der Waals surface area contributed by atoms with E-state index in [2.05, 4.69) is 5.32 Å². The molecule has 0 heterocycles. The van der Waals surface area contributed by atoms with Gasteiger partial charge < -0.3 is 25.6 Å². The molecule has 122 valence electrons. The van der Waals surface area contributed by atoms with Crippen LogP contribution in [0.3, 0.4) is 0 Å². The Kier molecular flexibility index (Phi) is 7.85. The van der Waals surface area contributed by atoms with E-state index in [1.54, 1.807) is 18.2 Å². The second kappa shape index (κ2) is 9.68.